The molecule has 5 rings (SSSR count). The van der Waals surface area contributed by atoms with Crippen LogP contribution in [0.1, 0.15) is 46.0 Å². The Kier molecular flexibility index (Phi) is 6.08. The molecule has 176 valence electrons. The summed E-state index contributed by atoms with van der Waals surface area (Å²) >= 11 is 0. The lowest BCUT2D eigenvalue weighted by atomic mass is 9.93. The lowest BCUT2D eigenvalue weighted by Crippen LogP contribution is -2.40. The molecule has 34 heavy (non-hydrogen) atoms. The topological polar surface area (TPSA) is 122 Å². The molecule has 1 fully saturated rings. The van der Waals surface area contributed by atoms with Gasteiger partial charge in [0.1, 0.15) is 12.9 Å². The SMILES string of the molecule is Cc1c([C@@H](O)CN2CCC(C(=O)Nc3cccc(-n4cnnn4)c3)CC2)ccc2c1COC2=O. The molecule has 1 atom stereocenters. The number of benzene rings is 2. The van der Waals surface area contributed by atoms with Gasteiger partial charge < -0.3 is 20.1 Å². The number of nitrogens with zero attached hydrogens (tertiary/aromatic N) is 5. The molecule has 0 radical (unpaired) electrons. The van der Waals surface area contributed by atoms with Gasteiger partial charge in [-0.3, -0.25) is 4.79 Å². The quantitative estimate of drug-likeness (QED) is 0.534. The summed E-state index contributed by atoms with van der Waals surface area (Å²) in [6, 6.07) is 10.9. The average molecular weight is 463 g/mol. The van der Waals surface area contributed by atoms with Gasteiger partial charge in [0.2, 0.25) is 5.91 Å². The van der Waals surface area contributed by atoms with Crippen LogP contribution in [-0.4, -0.2) is 61.7 Å². The molecule has 1 saturated heterocycles. The minimum Gasteiger partial charge on any atom is -0.457 e. The van der Waals surface area contributed by atoms with E-state index >= 15 is 0 Å². The summed E-state index contributed by atoms with van der Waals surface area (Å²) in [4.78, 5) is 26.8. The molecule has 0 saturated carbocycles. The van der Waals surface area contributed by atoms with Crippen molar-refractivity contribution < 1.29 is 19.4 Å². The minimum atomic E-state index is -0.666. The molecule has 10 nitrogen and oxygen atoms in total. The van der Waals surface area contributed by atoms with Crippen molar-refractivity contribution in [2.24, 2.45) is 5.92 Å². The van der Waals surface area contributed by atoms with Crippen LogP contribution in [-0.2, 0) is 16.1 Å². The number of tetrazole rings is 1. The number of rotatable bonds is 6. The summed E-state index contributed by atoms with van der Waals surface area (Å²) in [6.45, 7) is 4.12. The van der Waals surface area contributed by atoms with E-state index in [-0.39, 0.29) is 24.4 Å². The summed E-state index contributed by atoms with van der Waals surface area (Å²) in [5.74, 6) is -0.398. The normalized spacial score (nSPS) is 17.3. The van der Waals surface area contributed by atoms with Crippen LogP contribution in [0.25, 0.3) is 5.69 Å². The van der Waals surface area contributed by atoms with Crippen molar-refractivity contribution in [3.05, 3.63) is 65.0 Å². The molecule has 0 aliphatic carbocycles. The van der Waals surface area contributed by atoms with Crippen LogP contribution in [0.3, 0.4) is 0 Å². The van der Waals surface area contributed by atoms with Crippen LogP contribution in [0.5, 0.6) is 0 Å². The van der Waals surface area contributed by atoms with Crippen LogP contribution in [0.4, 0.5) is 5.69 Å². The summed E-state index contributed by atoms with van der Waals surface area (Å²) in [5, 5.41) is 25.0. The van der Waals surface area contributed by atoms with Crippen LogP contribution in [0, 0.1) is 12.8 Å². The number of esters is 1. The lowest BCUT2D eigenvalue weighted by molar-refractivity contribution is -0.121. The van der Waals surface area contributed by atoms with Gasteiger partial charge in [0.25, 0.3) is 0 Å². The van der Waals surface area contributed by atoms with Crippen molar-refractivity contribution in [1.29, 1.82) is 0 Å². The number of likely N-dealkylation sites (tertiary alicyclic amines) is 1. The van der Waals surface area contributed by atoms with Gasteiger partial charge in [-0.05, 0) is 78.7 Å². The first-order chi connectivity index (χ1) is 16.5. The molecule has 3 aromatic rings. The zero-order valence-corrected chi connectivity index (χ0v) is 18.8. The largest absolute Gasteiger partial charge is 0.457 e. The van der Waals surface area contributed by atoms with Crippen molar-refractivity contribution in [2.45, 2.75) is 32.5 Å². The smallest absolute Gasteiger partial charge is 0.338 e. The molecule has 2 aromatic carbocycles. The lowest BCUT2D eigenvalue weighted by Gasteiger charge is -2.33. The summed E-state index contributed by atoms with van der Waals surface area (Å²) in [6.07, 6.45) is 2.27. The molecule has 1 amide bonds. The van der Waals surface area contributed by atoms with Gasteiger partial charge in [0, 0.05) is 23.7 Å². The van der Waals surface area contributed by atoms with E-state index in [1.807, 2.05) is 37.3 Å². The number of piperidine rings is 1. The van der Waals surface area contributed by atoms with Crippen molar-refractivity contribution in [2.75, 3.05) is 25.0 Å². The Bertz CT molecular complexity index is 1200. The van der Waals surface area contributed by atoms with Crippen molar-refractivity contribution in [1.82, 2.24) is 25.1 Å². The maximum absolute atomic E-state index is 12.8. The molecule has 0 spiro atoms. The van der Waals surface area contributed by atoms with Gasteiger partial charge >= 0.3 is 5.97 Å². The third kappa shape index (κ3) is 4.42. The fourth-order valence-electron chi connectivity index (χ4n) is 4.70. The summed E-state index contributed by atoms with van der Waals surface area (Å²) < 4.78 is 6.65. The number of carbonyl (C=O) groups excluding carboxylic acids is 2. The number of amides is 1. The van der Waals surface area contributed by atoms with Crippen LogP contribution in [0.2, 0.25) is 0 Å². The highest BCUT2D eigenvalue weighted by Crippen LogP contribution is 2.30. The number of aliphatic hydroxyl groups excluding tert-OH is 1. The Hall–Kier alpha value is -3.63. The van der Waals surface area contributed by atoms with Crippen molar-refractivity contribution in [3.8, 4) is 5.69 Å². The molecule has 2 N–H and O–H groups in total. The second kappa shape index (κ2) is 9.32. The first-order valence-electron chi connectivity index (χ1n) is 11.3. The van der Waals surface area contributed by atoms with E-state index in [0.717, 1.165) is 48.3 Å². The van der Waals surface area contributed by atoms with E-state index in [2.05, 4.69) is 25.7 Å². The molecule has 3 heterocycles. The Morgan fingerprint density at radius 3 is 2.85 bits per heavy atom. The van der Waals surface area contributed by atoms with E-state index < -0.39 is 6.10 Å². The van der Waals surface area contributed by atoms with Crippen LogP contribution >= 0.6 is 0 Å². The van der Waals surface area contributed by atoms with E-state index in [1.54, 1.807) is 6.07 Å². The first kappa shape index (κ1) is 22.2. The predicted octanol–water partition coefficient (Wildman–Crippen LogP) is 2.03. The van der Waals surface area contributed by atoms with E-state index in [1.165, 1.54) is 11.0 Å². The number of carbonyl (C=O) groups is 2. The second-order valence-corrected chi connectivity index (χ2v) is 8.77. The summed E-state index contributed by atoms with van der Waals surface area (Å²) in [7, 11) is 0. The third-order valence-electron chi connectivity index (χ3n) is 6.68. The van der Waals surface area contributed by atoms with Gasteiger partial charge in [-0.1, -0.05) is 12.1 Å². The zero-order valence-electron chi connectivity index (χ0n) is 18.8. The van der Waals surface area contributed by atoms with Gasteiger partial charge in [-0.2, -0.15) is 0 Å². The van der Waals surface area contributed by atoms with Crippen molar-refractivity contribution >= 4 is 17.6 Å². The van der Waals surface area contributed by atoms with E-state index in [9.17, 15) is 14.7 Å². The third-order valence-corrected chi connectivity index (χ3v) is 6.68. The second-order valence-electron chi connectivity index (χ2n) is 8.77. The zero-order chi connectivity index (χ0) is 23.7. The highest BCUT2D eigenvalue weighted by Gasteiger charge is 2.29. The number of cyclic esters (lactones) is 1. The maximum Gasteiger partial charge on any atom is 0.338 e. The standard InChI is InChI=1S/C24H26N6O4/c1-15-19(5-6-20-21(15)13-34-24(20)33)22(31)12-29-9-7-16(8-10-29)23(32)26-17-3-2-4-18(11-17)30-14-25-27-28-30/h2-6,11,14,16,22,31H,7-10,12-13H2,1H3,(H,26,32)/t22-/m0/s1. The van der Waals surface area contributed by atoms with E-state index in [0.29, 0.717) is 17.8 Å². The van der Waals surface area contributed by atoms with Crippen molar-refractivity contribution in [3.63, 3.8) is 0 Å². The molecule has 2 aliphatic rings. The molecule has 10 heteroatoms. The number of nitrogens with one attached hydrogen (secondary N) is 1. The Morgan fingerprint density at radius 1 is 1.26 bits per heavy atom. The molecule has 0 bridgehead atoms. The van der Waals surface area contributed by atoms with E-state index in [4.69, 9.17) is 4.74 Å². The number of β-amino-alcohol motifs (C(OH)–C–C–N with tert-alkyl or cyclic N) is 1. The fraction of sp³-hybridized carbons (Fsp3) is 0.375. The predicted molar refractivity (Wildman–Crippen MR) is 122 cm³/mol. The van der Waals surface area contributed by atoms with Crippen LogP contribution < -0.4 is 5.32 Å². The summed E-state index contributed by atoms with van der Waals surface area (Å²) in [5.41, 5.74) is 4.65. The number of fused-ring (bicyclic) bond motifs is 1. The molecular weight excluding hydrogens is 436 g/mol. The minimum absolute atomic E-state index is 0.00630. The monoisotopic (exact) mass is 462 g/mol. The molecule has 1 aromatic heterocycles. The van der Waals surface area contributed by atoms with Gasteiger partial charge in [-0.25, -0.2) is 9.48 Å². The highest BCUT2D eigenvalue weighted by atomic mass is 16.5. The van der Waals surface area contributed by atoms with Gasteiger partial charge in [0.15, 0.2) is 0 Å². The van der Waals surface area contributed by atoms with Crippen LogP contribution in [0.15, 0.2) is 42.7 Å². The first-order valence-corrected chi connectivity index (χ1v) is 11.3. The average Bonchev–Trinajstić information content (AvgIpc) is 3.51. The number of anilines is 1. The maximum atomic E-state index is 12.8. The van der Waals surface area contributed by atoms with Gasteiger partial charge in [0.05, 0.1) is 17.4 Å². The molecule has 2 aliphatic heterocycles. The number of hydrogen-bond acceptors (Lipinski definition) is 8. The van der Waals surface area contributed by atoms with Gasteiger partial charge in [-0.15, -0.1) is 5.10 Å². The number of ether oxygens (including phenoxy) is 1. The Morgan fingerprint density at radius 2 is 2.09 bits per heavy atom. The molecule has 0 unspecified atom stereocenters. The number of hydrogen-bond donors (Lipinski definition) is 2. The fourth-order valence-corrected chi connectivity index (χ4v) is 4.70. The molecular formula is C24H26N6O4. The number of aromatic nitrogens is 4. The Labute approximate surface area is 196 Å². The number of aliphatic hydroxyl groups is 1. The highest BCUT2D eigenvalue weighted by molar-refractivity contribution is 5.94. The Balaban J connectivity index is 1.15.